The Labute approximate surface area is 94.9 Å². The van der Waals surface area contributed by atoms with E-state index in [-0.39, 0.29) is 18.6 Å². The second-order valence-electron chi connectivity index (χ2n) is 3.79. The molecular formula is C11H17N3O2. The van der Waals surface area contributed by atoms with Crippen LogP contribution in [0.25, 0.3) is 0 Å². The fourth-order valence-electron chi connectivity index (χ4n) is 1.10. The Kier molecular flexibility index (Phi) is 4.72. The number of aromatic nitrogens is 1. The molecule has 0 aliphatic carbocycles. The van der Waals surface area contributed by atoms with Gasteiger partial charge in [-0.2, -0.15) is 0 Å². The minimum Gasteiger partial charge on any atom is -0.396 e. The Balaban J connectivity index is 2.40. The second-order valence-corrected chi connectivity index (χ2v) is 3.79. The summed E-state index contributed by atoms with van der Waals surface area (Å²) in [6, 6.07) is 5.10. The van der Waals surface area contributed by atoms with Gasteiger partial charge >= 0.3 is 6.03 Å². The topological polar surface area (TPSA) is 74.2 Å². The zero-order valence-electron chi connectivity index (χ0n) is 9.53. The number of amides is 2. The van der Waals surface area contributed by atoms with Gasteiger partial charge in [-0.3, -0.25) is 5.32 Å². The molecule has 1 unspecified atom stereocenters. The number of aryl methyl sites for hydroxylation is 1. The molecule has 0 aromatic carbocycles. The standard InChI is InChI=1S/C11H17N3O2/c1-8(7-15)6-12-11(16)14-10-5-3-4-9(2)13-10/h3-5,8,15H,6-7H2,1-2H3,(H2,12,13,14,16). The lowest BCUT2D eigenvalue weighted by Crippen LogP contribution is -2.33. The van der Waals surface area contributed by atoms with E-state index in [0.29, 0.717) is 12.4 Å². The van der Waals surface area contributed by atoms with Gasteiger partial charge in [0.15, 0.2) is 0 Å². The van der Waals surface area contributed by atoms with Crippen LogP contribution in [0.3, 0.4) is 0 Å². The molecule has 0 saturated carbocycles. The molecule has 1 rings (SSSR count). The summed E-state index contributed by atoms with van der Waals surface area (Å²) in [7, 11) is 0. The first-order valence-electron chi connectivity index (χ1n) is 5.21. The number of urea groups is 1. The summed E-state index contributed by atoms with van der Waals surface area (Å²) in [6.45, 7) is 4.21. The van der Waals surface area contributed by atoms with Crippen molar-refractivity contribution in [2.75, 3.05) is 18.5 Å². The lowest BCUT2D eigenvalue weighted by atomic mass is 10.2. The van der Waals surface area contributed by atoms with Crippen LogP contribution >= 0.6 is 0 Å². The van der Waals surface area contributed by atoms with Gasteiger partial charge < -0.3 is 10.4 Å². The number of rotatable bonds is 4. The number of nitrogens with zero attached hydrogens (tertiary/aromatic N) is 1. The van der Waals surface area contributed by atoms with Gasteiger partial charge in [-0.15, -0.1) is 0 Å². The fourth-order valence-corrected chi connectivity index (χ4v) is 1.10. The van der Waals surface area contributed by atoms with Gasteiger partial charge in [-0.25, -0.2) is 9.78 Å². The van der Waals surface area contributed by atoms with E-state index in [1.807, 2.05) is 26.0 Å². The number of carbonyl (C=O) groups is 1. The number of pyridine rings is 1. The first-order valence-corrected chi connectivity index (χ1v) is 5.21. The van der Waals surface area contributed by atoms with Gasteiger partial charge in [-0.05, 0) is 25.0 Å². The fraction of sp³-hybridized carbons (Fsp3) is 0.455. The normalized spacial score (nSPS) is 11.9. The second kappa shape index (κ2) is 6.07. The number of anilines is 1. The van der Waals surface area contributed by atoms with Gasteiger partial charge in [-0.1, -0.05) is 13.0 Å². The molecule has 0 spiro atoms. The summed E-state index contributed by atoms with van der Waals surface area (Å²) in [4.78, 5) is 15.5. The molecule has 1 aromatic rings. The summed E-state index contributed by atoms with van der Waals surface area (Å²) in [6.07, 6.45) is 0. The van der Waals surface area contributed by atoms with Crippen molar-refractivity contribution in [2.24, 2.45) is 5.92 Å². The van der Waals surface area contributed by atoms with Crippen molar-refractivity contribution < 1.29 is 9.90 Å². The van der Waals surface area contributed by atoms with E-state index in [2.05, 4.69) is 15.6 Å². The van der Waals surface area contributed by atoms with Crippen LogP contribution in [0.5, 0.6) is 0 Å². The van der Waals surface area contributed by atoms with E-state index < -0.39 is 0 Å². The van der Waals surface area contributed by atoms with Crippen molar-refractivity contribution in [2.45, 2.75) is 13.8 Å². The molecule has 5 heteroatoms. The maximum atomic E-state index is 11.4. The lowest BCUT2D eigenvalue weighted by molar-refractivity contribution is 0.227. The Morgan fingerprint density at radius 2 is 2.31 bits per heavy atom. The van der Waals surface area contributed by atoms with Gasteiger partial charge in [0.25, 0.3) is 0 Å². The highest BCUT2D eigenvalue weighted by Crippen LogP contribution is 2.03. The molecule has 0 bridgehead atoms. The molecule has 88 valence electrons. The molecule has 0 aliphatic rings. The van der Waals surface area contributed by atoms with E-state index in [1.165, 1.54) is 0 Å². The van der Waals surface area contributed by atoms with Crippen LogP contribution in [-0.2, 0) is 0 Å². The van der Waals surface area contributed by atoms with E-state index in [0.717, 1.165) is 5.69 Å². The minimum atomic E-state index is -0.307. The Hall–Kier alpha value is -1.62. The van der Waals surface area contributed by atoms with Crippen molar-refractivity contribution in [3.8, 4) is 0 Å². The number of aliphatic hydroxyl groups is 1. The van der Waals surface area contributed by atoms with Gasteiger partial charge in [0.1, 0.15) is 5.82 Å². The molecule has 3 N–H and O–H groups in total. The maximum absolute atomic E-state index is 11.4. The molecule has 2 amide bonds. The Bertz CT molecular complexity index is 355. The molecule has 16 heavy (non-hydrogen) atoms. The van der Waals surface area contributed by atoms with Crippen molar-refractivity contribution >= 4 is 11.8 Å². The monoisotopic (exact) mass is 223 g/mol. The third-order valence-corrected chi connectivity index (χ3v) is 2.05. The maximum Gasteiger partial charge on any atom is 0.320 e. The third-order valence-electron chi connectivity index (χ3n) is 2.05. The van der Waals surface area contributed by atoms with Gasteiger partial charge in [0.2, 0.25) is 0 Å². The van der Waals surface area contributed by atoms with Crippen molar-refractivity contribution in [1.82, 2.24) is 10.3 Å². The average molecular weight is 223 g/mol. The number of hydrogen-bond donors (Lipinski definition) is 3. The lowest BCUT2D eigenvalue weighted by Gasteiger charge is -2.10. The van der Waals surface area contributed by atoms with Crippen molar-refractivity contribution in [3.63, 3.8) is 0 Å². The highest BCUT2D eigenvalue weighted by molar-refractivity contribution is 5.88. The molecule has 5 nitrogen and oxygen atoms in total. The van der Waals surface area contributed by atoms with Crippen LogP contribution in [0.4, 0.5) is 10.6 Å². The summed E-state index contributed by atoms with van der Waals surface area (Å²) in [5, 5.41) is 14.1. The third kappa shape index (κ3) is 4.27. The van der Waals surface area contributed by atoms with Crippen LogP contribution in [-0.4, -0.2) is 29.3 Å². The smallest absolute Gasteiger partial charge is 0.320 e. The zero-order chi connectivity index (χ0) is 12.0. The van der Waals surface area contributed by atoms with E-state index >= 15 is 0 Å². The van der Waals surface area contributed by atoms with E-state index in [4.69, 9.17) is 5.11 Å². The molecular weight excluding hydrogens is 206 g/mol. The molecule has 0 fully saturated rings. The van der Waals surface area contributed by atoms with Crippen LogP contribution in [0.2, 0.25) is 0 Å². The first kappa shape index (κ1) is 12.4. The van der Waals surface area contributed by atoms with Gasteiger partial charge in [0.05, 0.1) is 0 Å². The molecule has 0 radical (unpaired) electrons. The van der Waals surface area contributed by atoms with Crippen LogP contribution < -0.4 is 10.6 Å². The number of aliphatic hydroxyl groups excluding tert-OH is 1. The van der Waals surface area contributed by atoms with Gasteiger partial charge in [0, 0.05) is 18.8 Å². The molecule has 0 aliphatic heterocycles. The number of hydrogen-bond acceptors (Lipinski definition) is 3. The zero-order valence-corrected chi connectivity index (χ0v) is 9.53. The summed E-state index contributed by atoms with van der Waals surface area (Å²) in [5.41, 5.74) is 0.849. The van der Waals surface area contributed by atoms with Crippen LogP contribution in [0, 0.1) is 12.8 Å². The highest BCUT2D eigenvalue weighted by atomic mass is 16.3. The summed E-state index contributed by atoms with van der Waals surface area (Å²) in [5.74, 6) is 0.574. The molecule has 0 saturated heterocycles. The van der Waals surface area contributed by atoms with Crippen LogP contribution in [0.15, 0.2) is 18.2 Å². The molecule has 1 aromatic heterocycles. The van der Waals surface area contributed by atoms with E-state index in [9.17, 15) is 4.79 Å². The SMILES string of the molecule is Cc1cccc(NC(=O)NCC(C)CO)n1. The first-order chi connectivity index (χ1) is 7.61. The summed E-state index contributed by atoms with van der Waals surface area (Å²) < 4.78 is 0. The predicted octanol–water partition coefficient (Wildman–Crippen LogP) is 1.14. The van der Waals surface area contributed by atoms with E-state index in [1.54, 1.807) is 6.07 Å². The Morgan fingerprint density at radius 1 is 1.56 bits per heavy atom. The summed E-state index contributed by atoms with van der Waals surface area (Å²) >= 11 is 0. The average Bonchev–Trinajstić information content (AvgIpc) is 2.26. The Morgan fingerprint density at radius 3 is 2.94 bits per heavy atom. The predicted molar refractivity (Wildman–Crippen MR) is 62.2 cm³/mol. The minimum absolute atomic E-state index is 0.0521. The number of carbonyl (C=O) groups excluding carboxylic acids is 1. The number of nitrogens with one attached hydrogen (secondary N) is 2. The van der Waals surface area contributed by atoms with Crippen molar-refractivity contribution in [3.05, 3.63) is 23.9 Å². The van der Waals surface area contributed by atoms with Crippen molar-refractivity contribution in [1.29, 1.82) is 0 Å². The largest absolute Gasteiger partial charge is 0.396 e. The van der Waals surface area contributed by atoms with Crippen LogP contribution in [0.1, 0.15) is 12.6 Å². The highest BCUT2D eigenvalue weighted by Gasteiger charge is 2.04. The quantitative estimate of drug-likeness (QED) is 0.716. The molecule has 1 atom stereocenters. The molecule has 1 heterocycles.